The smallest absolute Gasteiger partial charge is 0.274 e. The molecule has 2 heterocycles. The Labute approximate surface area is 132 Å². The molecule has 0 fully saturated rings. The van der Waals surface area contributed by atoms with E-state index in [4.69, 9.17) is 0 Å². The van der Waals surface area contributed by atoms with Gasteiger partial charge in [-0.25, -0.2) is 9.97 Å². The number of aryl methyl sites for hydroxylation is 1. The van der Waals surface area contributed by atoms with Crippen molar-refractivity contribution in [2.45, 2.75) is 13.0 Å². The van der Waals surface area contributed by atoms with Crippen molar-refractivity contribution < 1.29 is 9.90 Å². The van der Waals surface area contributed by atoms with E-state index in [0.29, 0.717) is 11.6 Å². The van der Waals surface area contributed by atoms with Crippen molar-refractivity contribution >= 4 is 5.91 Å². The summed E-state index contributed by atoms with van der Waals surface area (Å²) in [5.41, 5.74) is 0.788. The SMILES string of the molecule is Cc1nc([C@@H](NC(=O)c2ncccc2O)c2ccccc2)n[nH]1. The summed E-state index contributed by atoms with van der Waals surface area (Å²) in [6, 6.07) is 11.8. The third-order valence-electron chi connectivity index (χ3n) is 3.28. The van der Waals surface area contributed by atoms with Crippen LogP contribution in [-0.2, 0) is 0 Å². The average molecular weight is 309 g/mol. The van der Waals surface area contributed by atoms with Gasteiger partial charge in [-0.3, -0.25) is 9.89 Å². The van der Waals surface area contributed by atoms with Crippen LogP contribution in [0.2, 0.25) is 0 Å². The molecule has 0 aliphatic heterocycles. The molecule has 0 spiro atoms. The molecule has 7 nitrogen and oxygen atoms in total. The average Bonchev–Trinajstić information content (AvgIpc) is 3.00. The van der Waals surface area contributed by atoms with E-state index in [-0.39, 0.29) is 11.4 Å². The van der Waals surface area contributed by atoms with Gasteiger partial charge in [0.05, 0.1) is 0 Å². The third kappa shape index (κ3) is 3.18. The van der Waals surface area contributed by atoms with Gasteiger partial charge in [-0.1, -0.05) is 30.3 Å². The van der Waals surface area contributed by atoms with E-state index in [2.05, 4.69) is 25.5 Å². The zero-order chi connectivity index (χ0) is 16.2. The first-order valence-electron chi connectivity index (χ1n) is 7.04. The summed E-state index contributed by atoms with van der Waals surface area (Å²) in [6.45, 7) is 1.78. The summed E-state index contributed by atoms with van der Waals surface area (Å²) in [6.07, 6.45) is 1.45. The van der Waals surface area contributed by atoms with Crippen molar-refractivity contribution in [1.82, 2.24) is 25.5 Å². The Morgan fingerprint density at radius 1 is 1.22 bits per heavy atom. The van der Waals surface area contributed by atoms with Crippen LogP contribution >= 0.6 is 0 Å². The van der Waals surface area contributed by atoms with Crippen LogP contribution in [0, 0.1) is 6.92 Å². The molecule has 0 bridgehead atoms. The van der Waals surface area contributed by atoms with Crippen LogP contribution in [0.15, 0.2) is 48.7 Å². The number of nitrogens with zero attached hydrogens (tertiary/aromatic N) is 3. The third-order valence-corrected chi connectivity index (χ3v) is 3.28. The summed E-state index contributed by atoms with van der Waals surface area (Å²) < 4.78 is 0. The van der Waals surface area contributed by atoms with E-state index in [1.54, 1.807) is 13.0 Å². The van der Waals surface area contributed by atoms with Crippen molar-refractivity contribution in [2.24, 2.45) is 0 Å². The molecule has 0 saturated heterocycles. The van der Waals surface area contributed by atoms with Crippen LogP contribution in [0.3, 0.4) is 0 Å². The van der Waals surface area contributed by atoms with Crippen molar-refractivity contribution in [2.75, 3.05) is 0 Å². The fourth-order valence-electron chi connectivity index (χ4n) is 2.20. The van der Waals surface area contributed by atoms with Crippen molar-refractivity contribution in [3.8, 4) is 5.75 Å². The molecule has 3 N–H and O–H groups in total. The van der Waals surface area contributed by atoms with Gasteiger partial charge in [0.2, 0.25) is 0 Å². The Hall–Kier alpha value is -3.22. The van der Waals surface area contributed by atoms with E-state index < -0.39 is 11.9 Å². The summed E-state index contributed by atoms with van der Waals surface area (Å²) in [5.74, 6) is 0.413. The van der Waals surface area contributed by atoms with Crippen LogP contribution in [0.1, 0.15) is 33.7 Å². The molecule has 1 aromatic carbocycles. The Balaban J connectivity index is 1.94. The molecule has 3 aromatic rings. The quantitative estimate of drug-likeness (QED) is 0.681. The fourth-order valence-corrected chi connectivity index (χ4v) is 2.20. The molecule has 116 valence electrons. The first-order chi connectivity index (χ1) is 11.1. The Morgan fingerprint density at radius 2 is 2.00 bits per heavy atom. The highest BCUT2D eigenvalue weighted by molar-refractivity contribution is 5.95. The summed E-state index contributed by atoms with van der Waals surface area (Å²) in [4.78, 5) is 20.6. The maximum absolute atomic E-state index is 12.4. The number of amides is 1. The molecule has 3 rings (SSSR count). The topological polar surface area (TPSA) is 104 Å². The number of hydrogen-bond acceptors (Lipinski definition) is 5. The first kappa shape index (κ1) is 14.7. The second kappa shape index (κ2) is 6.27. The Bertz CT molecular complexity index is 816. The molecule has 0 aliphatic rings. The minimum atomic E-state index is -0.546. The van der Waals surface area contributed by atoms with E-state index in [9.17, 15) is 9.90 Å². The Morgan fingerprint density at radius 3 is 2.65 bits per heavy atom. The van der Waals surface area contributed by atoms with Gasteiger partial charge in [-0.15, -0.1) is 0 Å². The summed E-state index contributed by atoms with van der Waals surface area (Å²) in [5, 5.41) is 19.5. The van der Waals surface area contributed by atoms with E-state index in [1.807, 2.05) is 30.3 Å². The lowest BCUT2D eigenvalue weighted by Crippen LogP contribution is -2.30. The van der Waals surface area contributed by atoms with Crippen LogP contribution in [-0.4, -0.2) is 31.2 Å². The molecule has 23 heavy (non-hydrogen) atoms. The number of aromatic nitrogens is 4. The van der Waals surface area contributed by atoms with E-state index >= 15 is 0 Å². The number of aromatic hydroxyl groups is 1. The molecule has 0 radical (unpaired) electrons. The molecule has 7 heteroatoms. The number of pyridine rings is 1. The molecule has 0 saturated carbocycles. The maximum Gasteiger partial charge on any atom is 0.274 e. The normalized spacial score (nSPS) is 11.9. The summed E-state index contributed by atoms with van der Waals surface area (Å²) >= 11 is 0. The van der Waals surface area contributed by atoms with Crippen LogP contribution in [0.5, 0.6) is 5.75 Å². The van der Waals surface area contributed by atoms with Crippen LogP contribution in [0.4, 0.5) is 0 Å². The van der Waals surface area contributed by atoms with Crippen molar-refractivity contribution in [3.63, 3.8) is 0 Å². The van der Waals surface area contributed by atoms with E-state index in [1.165, 1.54) is 12.3 Å². The predicted octanol–water partition coefficient (Wildman–Crippen LogP) is 1.73. The number of nitrogens with one attached hydrogen (secondary N) is 2. The molecule has 1 atom stereocenters. The van der Waals surface area contributed by atoms with E-state index in [0.717, 1.165) is 5.56 Å². The lowest BCUT2D eigenvalue weighted by Gasteiger charge is -2.16. The maximum atomic E-state index is 12.4. The van der Waals surface area contributed by atoms with Crippen LogP contribution < -0.4 is 5.32 Å². The van der Waals surface area contributed by atoms with Crippen LogP contribution in [0.25, 0.3) is 0 Å². The molecular weight excluding hydrogens is 294 g/mol. The fraction of sp³-hybridized carbons (Fsp3) is 0.125. The van der Waals surface area contributed by atoms with Gasteiger partial charge in [0.1, 0.15) is 17.6 Å². The second-order valence-electron chi connectivity index (χ2n) is 4.97. The number of carbonyl (C=O) groups is 1. The van der Waals surface area contributed by atoms with Gasteiger partial charge < -0.3 is 10.4 Å². The largest absolute Gasteiger partial charge is 0.505 e. The molecule has 0 unspecified atom stereocenters. The summed E-state index contributed by atoms with van der Waals surface area (Å²) in [7, 11) is 0. The molecule has 0 aliphatic carbocycles. The minimum Gasteiger partial charge on any atom is -0.505 e. The number of carbonyl (C=O) groups excluding carboxylic acids is 1. The highest BCUT2D eigenvalue weighted by atomic mass is 16.3. The lowest BCUT2D eigenvalue weighted by atomic mass is 10.1. The number of H-pyrrole nitrogens is 1. The molecule has 2 aromatic heterocycles. The standard InChI is InChI=1S/C16H15N5O2/c1-10-18-15(21-20-10)13(11-6-3-2-4-7-11)19-16(23)14-12(22)8-5-9-17-14/h2-9,13,22H,1H3,(H,19,23)(H,18,20,21)/t13-/m0/s1. The number of hydrogen-bond donors (Lipinski definition) is 3. The lowest BCUT2D eigenvalue weighted by molar-refractivity contribution is 0.0933. The van der Waals surface area contributed by atoms with Gasteiger partial charge in [-0.05, 0) is 24.6 Å². The predicted molar refractivity (Wildman–Crippen MR) is 82.8 cm³/mol. The minimum absolute atomic E-state index is 0.0410. The Kier molecular flexibility index (Phi) is 4.01. The van der Waals surface area contributed by atoms with Gasteiger partial charge in [0.25, 0.3) is 5.91 Å². The van der Waals surface area contributed by atoms with Crippen molar-refractivity contribution in [3.05, 3.63) is 71.6 Å². The van der Waals surface area contributed by atoms with Gasteiger partial charge >= 0.3 is 0 Å². The zero-order valence-electron chi connectivity index (χ0n) is 12.4. The van der Waals surface area contributed by atoms with Crippen molar-refractivity contribution in [1.29, 1.82) is 0 Å². The molecule has 1 amide bonds. The van der Waals surface area contributed by atoms with Gasteiger partial charge in [0.15, 0.2) is 11.5 Å². The number of benzene rings is 1. The molecular formula is C16H15N5O2. The zero-order valence-corrected chi connectivity index (χ0v) is 12.4. The van der Waals surface area contributed by atoms with Gasteiger partial charge in [-0.2, -0.15) is 5.10 Å². The number of aromatic amines is 1. The highest BCUT2D eigenvalue weighted by Crippen LogP contribution is 2.21. The number of rotatable bonds is 4. The highest BCUT2D eigenvalue weighted by Gasteiger charge is 2.23. The van der Waals surface area contributed by atoms with Gasteiger partial charge in [0, 0.05) is 6.20 Å². The first-order valence-corrected chi connectivity index (χ1v) is 7.04. The second-order valence-corrected chi connectivity index (χ2v) is 4.97. The monoisotopic (exact) mass is 309 g/mol.